The minimum absolute atomic E-state index is 0.174. The number of nitrogens with zero attached hydrogens (tertiary/aromatic N) is 4. The van der Waals surface area contributed by atoms with Gasteiger partial charge in [-0.15, -0.1) is 0 Å². The van der Waals surface area contributed by atoms with Crippen LogP contribution in [0.4, 0.5) is 10.2 Å². The normalized spacial score (nSPS) is 11.0. The van der Waals surface area contributed by atoms with Gasteiger partial charge in [-0.1, -0.05) is 0 Å². The highest BCUT2D eigenvalue weighted by atomic mass is 19.1. The molecule has 7 heteroatoms. The van der Waals surface area contributed by atoms with Crippen molar-refractivity contribution in [1.29, 1.82) is 0 Å². The topological polar surface area (TPSA) is 73.3 Å². The number of halogens is 1. The fourth-order valence-corrected chi connectivity index (χ4v) is 3.03. The standard InChI is InChI=1S/C19H13FN4O2/c1-12-17(16-3-2-8-21-19(16)24(25)26)9-15-6-4-13(11-23(12)15)18-7-5-14(20)10-22-18/h2-11H,1H3. The quantitative estimate of drug-likeness (QED) is 0.406. The molecule has 0 bridgehead atoms. The van der Waals surface area contributed by atoms with Crippen LogP contribution in [-0.2, 0) is 0 Å². The molecule has 4 rings (SSSR count). The fraction of sp³-hybridized carbons (Fsp3) is 0.0526. The lowest BCUT2D eigenvalue weighted by Gasteiger charge is -2.05. The SMILES string of the molecule is Cc1c(-c2cccnc2[N+](=O)[O-])cc2ccc(-c3ccc(F)cn3)cn12. The van der Waals surface area contributed by atoms with Crippen molar-refractivity contribution in [3.05, 3.63) is 82.7 Å². The highest BCUT2D eigenvalue weighted by molar-refractivity contribution is 5.79. The molecule has 0 unspecified atom stereocenters. The molecule has 26 heavy (non-hydrogen) atoms. The van der Waals surface area contributed by atoms with Gasteiger partial charge in [-0.2, -0.15) is 0 Å². The Morgan fingerprint density at radius 3 is 2.69 bits per heavy atom. The van der Waals surface area contributed by atoms with Crippen LogP contribution >= 0.6 is 0 Å². The molecule has 4 aromatic rings. The molecule has 0 radical (unpaired) electrons. The van der Waals surface area contributed by atoms with E-state index in [0.717, 1.165) is 22.3 Å². The first kappa shape index (κ1) is 15.9. The number of hydrogen-bond acceptors (Lipinski definition) is 4. The molecule has 0 saturated carbocycles. The van der Waals surface area contributed by atoms with Crippen LogP contribution in [0.5, 0.6) is 0 Å². The molecule has 0 saturated heterocycles. The summed E-state index contributed by atoms with van der Waals surface area (Å²) in [6.07, 6.45) is 4.47. The molecule has 0 aliphatic rings. The Bertz CT molecular complexity index is 1140. The van der Waals surface area contributed by atoms with Crippen LogP contribution in [0.3, 0.4) is 0 Å². The summed E-state index contributed by atoms with van der Waals surface area (Å²) >= 11 is 0. The molecule has 4 heterocycles. The second-order valence-corrected chi connectivity index (χ2v) is 5.85. The van der Waals surface area contributed by atoms with E-state index in [0.29, 0.717) is 11.3 Å². The Kier molecular flexibility index (Phi) is 3.69. The molecule has 0 aromatic carbocycles. The summed E-state index contributed by atoms with van der Waals surface area (Å²) in [5.41, 5.74) is 4.43. The zero-order valence-electron chi connectivity index (χ0n) is 13.8. The molecule has 6 nitrogen and oxygen atoms in total. The molecule has 0 aliphatic heterocycles. The van der Waals surface area contributed by atoms with E-state index in [9.17, 15) is 14.5 Å². The highest BCUT2D eigenvalue weighted by Gasteiger charge is 2.19. The second-order valence-electron chi connectivity index (χ2n) is 5.85. The van der Waals surface area contributed by atoms with E-state index >= 15 is 0 Å². The molecule has 0 fully saturated rings. The maximum absolute atomic E-state index is 13.1. The van der Waals surface area contributed by atoms with Crippen molar-refractivity contribution in [2.45, 2.75) is 6.92 Å². The molecule has 0 aliphatic carbocycles. The number of hydrogen-bond donors (Lipinski definition) is 0. The van der Waals surface area contributed by atoms with E-state index in [1.54, 1.807) is 18.2 Å². The Hall–Kier alpha value is -3.61. The Labute approximate surface area is 147 Å². The second kappa shape index (κ2) is 6.03. The molecule has 128 valence electrons. The van der Waals surface area contributed by atoms with Gasteiger partial charge in [0.05, 0.1) is 17.5 Å². The van der Waals surface area contributed by atoms with Gasteiger partial charge in [-0.25, -0.2) is 4.39 Å². The van der Waals surface area contributed by atoms with E-state index in [4.69, 9.17) is 0 Å². The maximum atomic E-state index is 13.1. The molecule has 0 amide bonds. The molecule has 0 atom stereocenters. The first-order valence-electron chi connectivity index (χ1n) is 7.88. The Balaban J connectivity index is 1.88. The number of nitro groups is 1. The van der Waals surface area contributed by atoms with Crippen LogP contribution in [0.2, 0.25) is 0 Å². The third-order valence-corrected chi connectivity index (χ3v) is 4.30. The molecular weight excluding hydrogens is 335 g/mol. The van der Waals surface area contributed by atoms with Gasteiger partial charge in [0.15, 0.2) is 0 Å². The van der Waals surface area contributed by atoms with E-state index < -0.39 is 10.7 Å². The van der Waals surface area contributed by atoms with Crippen molar-refractivity contribution in [1.82, 2.24) is 14.4 Å². The Morgan fingerprint density at radius 1 is 1.12 bits per heavy atom. The van der Waals surface area contributed by atoms with Crippen molar-refractivity contribution in [2.24, 2.45) is 0 Å². The van der Waals surface area contributed by atoms with Crippen LogP contribution in [0.15, 0.2) is 61.1 Å². The van der Waals surface area contributed by atoms with Crippen molar-refractivity contribution in [3.63, 3.8) is 0 Å². The van der Waals surface area contributed by atoms with Crippen LogP contribution in [-0.4, -0.2) is 19.3 Å². The van der Waals surface area contributed by atoms with Gasteiger partial charge in [0, 0.05) is 28.5 Å². The van der Waals surface area contributed by atoms with Gasteiger partial charge in [0.2, 0.25) is 0 Å². The summed E-state index contributed by atoms with van der Waals surface area (Å²) in [6.45, 7) is 1.89. The van der Waals surface area contributed by atoms with Crippen LogP contribution in [0, 0.1) is 22.9 Å². The minimum atomic E-state index is -0.481. The summed E-state index contributed by atoms with van der Waals surface area (Å²) in [4.78, 5) is 18.8. The third kappa shape index (κ3) is 2.59. The summed E-state index contributed by atoms with van der Waals surface area (Å²) < 4.78 is 15.0. The molecule has 0 N–H and O–H groups in total. The molecule has 0 spiro atoms. The van der Waals surface area contributed by atoms with Crippen molar-refractivity contribution < 1.29 is 9.31 Å². The number of fused-ring (bicyclic) bond motifs is 1. The highest BCUT2D eigenvalue weighted by Crippen LogP contribution is 2.33. The minimum Gasteiger partial charge on any atom is -0.358 e. The zero-order valence-corrected chi connectivity index (χ0v) is 13.8. The van der Waals surface area contributed by atoms with E-state index in [2.05, 4.69) is 9.97 Å². The average molecular weight is 348 g/mol. The summed E-state index contributed by atoms with van der Waals surface area (Å²) in [5, 5.41) is 11.3. The number of pyridine rings is 3. The predicted octanol–water partition coefficient (Wildman–Crippen LogP) is 4.42. The largest absolute Gasteiger partial charge is 0.371 e. The summed E-state index contributed by atoms with van der Waals surface area (Å²) in [7, 11) is 0. The lowest BCUT2D eigenvalue weighted by atomic mass is 10.1. The van der Waals surface area contributed by atoms with E-state index in [-0.39, 0.29) is 5.82 Å². The fourth-order valence-electron chi connectivity index (χ4n) is 3.03. The average Bonchev–Trinajstić information content (AvgIpc) is 2.98. The first-order chi connectivity index (χ1) is 12.5. The van der Waals surface area contributed by atoms with Crippen LogP contribution in [0.25, 0.3) is 27.9 Å². The van der Waals surface area contributed by atoms with Gasteiger partial charge in [-0.05, 0) is 59.3 Å². The van der Waals surface area contributed by atoms with Crippen LogP contribution in [0.1, 0.15) is 5.69 Å². The smallest absolute Gasteiger partial charge is 0.358 e. The van der Waals surface area contributed by atoms with Gasteiger partial charge in [-0.3, -0.25) is 4.98 Å². The number of aryl methyl sites for hydroxylation is 1. The van der Waals surface area contributed by atoms with Crippen molar-refractivity contribution >= 4 is 11.3 Å². The monoisotopic (exact) mass is 348 g/mol. The third-order valence-electron chi connectivity index (χ3n) is 4.30. The molecule has 4 aromatic heterocycles. The predicted molar refractivity (Wildman–Crippen MR) is 95.2 cm³/mol. The maximum Gasteiger partial charge on any atom is 0.371 e. The van der Waals surface area contributed by atoms with Gasteiger partial charge < -0.3 is 14.5 Å². The van der Waals surface area contributed by atoms with Gasteiger partial charge in [0.25, 0.3) is 0 Å². The zero-order chi connectivity index (χ0) is 18.3. The lowest BCUT2D eigenvalue weighted by molar-refractivity contribution is -0.388. The van der Waals surface area contributed by atoms with Crippen LogP contribution < -0.4 is 0 Å². The van der Waals surface area contributed by atoms with Crippen molar-refractivity contribution in [2.75, 3.05) is 0 Å². The lowest BCUT2D eigenvalue weighted by Crippen LogP contribution is -1.96. The number of rotatable bonds is 3. The Morgan fingerprint density at radius 2 is 1.96 bits per heavy atom. The first-order valence-corrected chi connectivity index (χ1v) is 7.88. The van der Waals surface area contributed by atoms with E-state index in [1.807, 2.05) is 35.7 Å². The summed E-state index contributed by atoms with van der Waals surface area (Å²) in [5.74, 6) is -0.565. The molecular formula is C19H13FN4O2. The number of aromatic nitrogens is 3. The van der Waals surface area contributed by atoms with E-state index in [1.165, 1.54) is 18.5 Å². The summed E-state index contributed by atoms with van der Waals surface area (Å²) in [6, 6.07) is 12.0. The van der Waals surface area contributed by atoms with Crippen molar-refractivity contribution in [3.8, 4) is 22.4 Å². The van der Waals surface area contributed by atoms with Gasteiger partial charge >= 0.3 is 5.82 Å². The van der Waals surface area contributed by atoms with Gasteiger partial charge in [0.1, 0.15) is 12.0 Å².